The maximum absolute atomic E-state index is 13.5. The largest absolute Gasteiger partial charge is 0.466 e. The van der Waals surface area contributed by atoms with Gasteiger partial charge in [-0.15, -0.1) is 0 Å². The van der Waals surface area contributed by atoms with Gasteiger partial charge in [-0.05, 0) is 31.0 Å². The Morgan fingerprint density at radius 3 is 2.79 bits per heavy atom. The van der Waals surface area contributed by atoms with Crippen LogP contribution >= 0.6 is 0 Å². The molecule has 2 rings (SSSR count). The van der Waals surface area contributed by atoms with Gasteiger partial charge in [-0.25, -0.2) is 9.37 Å². The smallest absolute Gasteiger partial charge is 0.307 e. The maximum Gasteiger partial charge on any atom is 0.307 e. The van der Waals surface area contributed by atoms with Crippen molar-refractivity contribution in [2.45, 2.75) is 26.8 Å². The van der Waals surface area contributed by atoms with Crippen molar-refractivity contribution in [3.8, 4) is 11.6 Å². The summed E-state index contributed by atoms with van der Waals surface area (Å²) in [5.74, 6) is 0.284. The van der Waals surface area contributed by atoms with Gasteiger partial charge in [0.2, 0.25) is 5.88 Å². The number of carbonyl (C=O) groups excluding carboxylic acids is 1. The molecule has 0 saturated heterocycles. The number of hydrogen-bond acceptors (Lipinski definition) is 5. The number of carbonyl (C=O) groups is 1. The van der Waals surface area contributed by atoms with Crippen molar-refractivity contribution < 1.29 is 18.7 Å². The molecule has 1 aromatic carbocycles. The van der Waals surface area contributed by atoms with Crippen LogP contribution in [0.3, 0.4) is 0 Å². The van der Waals surface area contributed by atoms with E-state index in [0.717, 1.165) is 5.56 Å². The molecule has 0 unspecified atom stereocenters. The number of pyridine rings is 1. The minimum absolute atomic E-state index is 0.211. The molecule has 1 N–H and O–H groups in total. The van der Waals surface area contributed by atoms with E-state index in [2.05, 4.69) is 10.3 Å². The fraction of sp³-hybridized carbons (Fsp3) is 0.333. The first kappa shape index (κ1) is 17.9. The van der Waals surface area contributed by atoms with E-state index in [0.29, 0.717) is 43.3 Å². The summed E-state index contributed by atoms with van der Waals surface area (Å²) in [6.45, 7) is 5.01. The molecule has 24 heavy (non-hydrogen) atoms. The average Bonchev–Trinajstić information content (AvgIpc) is 2.57. The molecule has 1 aromatic heterocycles. The Kier molecular flexibility index (Phi) is 6.69. The van der Waals surface area contributed by atoms with Crippen molar-refractivity contribution in [2.24, 2.45) is 0 Å². The molecule has 128 valence electrons. The van der Waals surface area contributed by atoms with Crippen LogP contribution in [-0.2, 0) is 16.1 Å². The second-order valence-electron chi connectivity index (χ2n) is 5.25. The van der Waals surface area contributed by atoms with E-state index in [1.54, 1.807) is 38.2 Å². The molecule has 0 fully saturated rings. The molecule has 0 aliphatic heterocycles. The van der Waals surface area contributed by atoms with E-state index in [1.165, 1.54) is 6.07 Å². The fourth-order valence-corrected chi connectivity index (χ4v) is 1.99. The second-order valence-corrected chi connectivity index (χ2v) is 5.25. The van der Waals surface area contributed by atoms with E-state index in [4.69, 9.17) is 9.47 Å². The lowest BCUT2D eigenvalue weighted by Crippen LogP contribution is -2.19. The minimum atomic E-state index is -0.310. The number of benzene rings is 1. The lowest BCUT2D eigenvalue weighted by Gasteiger charge is -2.07. The zero-order valence-corrected chi connectivity index (χ0v) is 13.8. The van der Waals surface area contributed by atoms with Gasteiger partial charge in [0, 0.05) is 31.4 Å². The third-order valence-electron chi connectivity index (χ3n) is 3.30. The van der Waals surface area contributed by atoms with Gasteiger partial charge in [0.25, 0.3) is 0 Å². The molecular formula is C18H21FN2O3. The SMILES string of the molecule is CCOC(=O)CCNCc1ccc(Oc2ccc(C)c(F)c2)nc1. The van der Waals surface area contributed by atoms with Gasteiger partial charge in [0.15, 0.2) is 0 Å². The van der Waals surface area contributed by atoms with Crippen LogP contribution in [0.4, 0.5) is 4.39 Å². The molecule has 0 amide bonds. The summed E-state index contributed by atoms with van der Waals surface area (Å²) in [5, 5.41) is 3.14. The Labute approximate surface area is 140 Å². The summed E-state index contributed by atoms with van der Waals surface area (Å²) in [4.78, 5) is 15.4. The predicted octanol–water partition coefficient (Wildman–Crippen LogP) is 3.36. The summed E-state index contributed by atoms with van der Waals surface area (Å²) in [5.41, 5.74) is 1.53. The van der Waals surface area contributed by atoms with Crippen LogP contribution < -0.4 is 10.1 Å². The standard InChI is InChI=1S/C18H21FN2O3/c1-3-23-18(22)8-9-20-11-14-5-7-17(21-12-14)24-15-6-4-13(2)16(19)10-15/h4-7,10,12,20H,3,8-9,11H2,1-2H3. The van der Waals surface area contributed by atoms with Crippen LogP contribution in [0.1, 0.15) is 24.5 Å². The predicted molar refractivity (Wildman–Crippen MR) is 88.4 cm³/mol. The van der Waals surface area contributed by atoms with E-state index >= 15 is 0 Å². The van der Waals surface area contributed by atoms with Crippen molar-refractivity contribution in [1.82, 2.24) is 10.3 Å². The zero-order valence-electron chi connectivity index (χ0n) is 13.8. The summed E-state index contributed by atoms with van der Waals surface area (Å²) >= 11 is 0. The van der Waals surface area contributed by atoms with E-state index in [1.807, 2.05) is 6.07 Å². The number of nitrogens with zero attached hydrogens (tertiary/aromatic N) is 1. The molecule has 0 atom stereocenters. The number of aromatic nitrogens is 1. The van der Waals surface area contributed by atoms with Gasteiger partial charge >= 0.3 is 5.97 Å². The Morgan fingerprint density at radius 1 is 1.29 bits per heavy atom. The normalized spacial score (nSPS) is 10.5. The monoisotopic (exact) mass is 332 g/mol. The van der Waals surface area contributed by atoms with E-state index in [-0.39, 0.29) is 11.8 Å². The average molecular weight is 332 g/mol. The first-order valence-electron chi connectivity index (χ1n) is 7.83. The summed E-state index contributed by atoms with van der Waals surface area (Å²) in [6.07, 6.45) is 2.01. The molecule has 0 bridgehead atoms. The highest BCUT2D eigenvalue weighted by Crippen LogP contribution is 2.21. The number of ether oxygens (including phenoxy) is 2. The van der Waals surface area contributed by atoms with Crippen LogP contribution in [0.25, 0.3) is 0 Å². The number of aryl methyl sites for hydroxylation is 1. The van der Waals surface area contributed by atoms with Crippen molar-refractivity contribution in [3.05, 3.63) is 53.5 Å². The van der Waals surface area contributed by atoms with Crippen molar-refractivity contribution in [3.63, 3.8) is 0 Å². The highest BCUT2D eigenvalue weighted by molar-refractivity contribution is 5.69. The van der Waals surface area contributed by atoms with Gasteiger partial charge in [-0.1, -0.05) is 12.1 Å². The highest BCUT2D eigenvalue weighted by atomic mass is 19.1. The van der Waals surface area contributed by atoms with Gasteiger partial charge in [-0.3, -0.25) is 4.79 Å². The number of nitrogens with one attached hydrogen (secondary N) is 1. The van der Waals surface area contributed by atoms with Crippen LogP contribution in [0.5, 0.6) is 11.6 Å². The molecule has 2 aromatic rings. The zero-order chi connectivity index (χ0) is 17.4. The molecule has 0 aliphatic rings. The molecule has 0 aliphatic carbocycles. The van der Waals surface area contributed by atoms with Gasteiger partial charge in [0.05, 0.1) is 13.0 Å². The third kappa shape index (κ3) is 5.62. The van der Waals surface area contributed by atoms with Crippen LogP contribution in [0.15, 0.2) is 36.5 Å². The molecule has 0 radical (unpaired) electrons. The van der Waals surface area contributed by atoms with Gasteiger partial charge in [0.1, 0.15) is 11.6 Å². The number of rotatable bonds is 8. The van der Waals surface area contributed by atoms with Crippen LogP contribution in [0, 0.1) is 12.7 Å². The molecule has 0 saturated carbocycles. The van der Waals surface area contributed by atoms with Crippen LogP contribution in [0.2, 0.25) is 0 Å². The first-order valence-corrected chi connectivity index (χ1v) is 7.83. The van der Waals surface area contributed by atoms with Gasteiger partial charge < -0.3 is 14.8 Å². The Hall–Kier alpha value is -2.47. The quantitative estimate of drug-likeness (QED) is 0.593. The topological polar surface area (TPSA) is 60.5 Å². The Balaban J connectivity index is 1.80. The maximum atomic E-state index is 13.5. The van der Waals surface area contributed by atoms with Crippen molar-refractivity contribution in [1.29, 1.82) is 0 Å². The lowest BCUT2D eigenvalue weighted by molar-refractivity contribution is -0.142. The highest BCUT2D eigenvalue weighted by Gasteiger charge is 2.04. The molecular weight excluding hydrogens is 311 g/mol. The summed E-state index contributed by atoms with van der Waals surface area (Å²) in [7, 11) is 0. The lowest BCUT2D eigenvalue weighted by atomic mass is 10.2. The Bertz CT molecular complexity index is 674. The Morgan fingerprint density at radius 2 is 2.12 bits per heavy atom. The third-order valence-corrected chi connectivity index (χ3v) is 3.30. The molecule has 0 spiro atoms. The summed E-state index contributed by atoms with van der Waals surface area (Å²) in [6, 6.07) is 8.28. The fourth-order valence-electron chi connectivity index (χ4n) is 1.99. The molecule has 5 nitrogen and oxygen atoms in total. The summed E-state index contributed by atoms with van der Waals surface area (Å²) < 4.78 is 23.9. The van der Waals surface area contributed by atoms with Crippen molar-refractivity contribution in [2.75, 3.05) is 13.2 Å². The van der Waals surface area contributed by atoms with Gasteiger partial charge in [-0.2, -0.15) is 0 Å². The number of halogens is 1. The minimum Gasteiger partial charge on any atom is -0.466 e. The molecule has 6 heteroatoms. The van der Waals surface area contributed by atoms with E-state index in [9.17, 15) is 9.18 Å². The molecule has 1 heterocycles. The first-order chi connectivity index (χ1) is 11.6. The van der Waals surface area contributed by atoms with E-state index < -0.39 is 0 Å². The number of esters is 1. The van der Waals surface area contributed by atoms with Crippen molar-refractivity contribution >= 4 is 5.97 Å². The second kappa shape index (κ2) is 8.98. The van der Waals surface area contributed by atoms with Crippen LogP contribution in [-0.4, -0.2) is 24.1 Å². The number of hydrogen-bond donors (Lipinski definition) is 1.